The Morgan fingerprint density at radius 1 is 1.27 bits per heavy atom. The number of carbonyl (C=O) groups is 2. The van der Waals surface area contributed by atoms with Crippen LogP contribution in [0.25, 0.3) is 11.1 Å². The number of halogens is 1. The lowest BCUT2D eigenvalue weighted by Gasteiger charge is -2.32. The van der Waals surface area contributed by atoms with Gasteiger partial charge in [-0.3, -0.25) is 9.59 Å². The molecule has 0 saturated carbocycles. The van der Waals surface area contributed by atoms with Gasteiger partial charge in [0, 0.05) is 43.6 Å². The maximum Gasteiger partial charge on any atom is 0.254 e. The number of hydrogen-bond donors (Lipinski definition) is 1. The van der Waals surface area contributed by atoms with E-state index >= 15 is 0 Å². The summed E-state index contributed by atoms with van der Waals surface area (Å²) in [5.74, 6) is 0.815. The van der Waals surface area contributed by atoms with E-state index in [9.17, 15) is 9.59 Å². The molecular formula is C23H24ClN3O3. The highest BCUT2D eigenvalue weighted by Crippen LogP contribution is 2.23. The number of hydrogen-bond acceptors (Lipinski definition) is 4. The Bertz CT molecular complexity index is 1080. The first-order valence-corrected chi connectivity index (χ1v) is 10.5. The van der Waals surface area contributed by atoms with Crippen molar-refractivity contribution in [2.24, 2.45) is 5.92 Å². The molecule has 0 aliphatic carbocycles. The summed E-state index contributed by atoms with van der Waals surface area (Å²) in [6.07, 6.45) is 2.48. The Morgan fingerprint density at radius 3 is 2.93 bits per heavy atom. The molecule has 0 bridgehead atoms. The van der Waals surface area contributed by atoms with Crippen LogP contribution in [-0.4, -0.2) is 41.3 Å². The smallest absolute Gasteiger partial charge is 0.254 e. The predicted molar refractivity (Wildman–Crippen MR) is 116 cm³/mol. The minimum atomic E-state index is -0.0391. The van der Waals surface area contributed by atoms with Crippen LogP contribution in [0.4, 0.5) is 0 Å². The average molecular weight is 426 g/mol. The van der Waals surface area contributed by atoms with E-state index in [0.29, 0.717) is 41.6 Å². The zero-order valence-electron chi connectivity index (χ0n) is 16.9. The van der Waals surface area contributed by atoms with Crippen LogP contribution in [0.15, 0.2) is 46.9 Å². The maximum atomic E-state index is 13.0. The van der Waals surface area contributed by atoms with Crippen molar-refractivity contribution < 1.29 is 14.0 Å². The average Bonchev–Trinajstić information content (AvgIpc) is 3.13. The molecule has 6 nitrogen and oxygen atoms in total. The maximum absolute atomic E-state index is 13.0. The molecule has 30 heavy (non-hydrogen) atoms. The minimum Gasteiger partial charge on any atom is -0.440 e. The van der Waals surface area contributed by atoms with Crippen LogP contribution in [0.5, 0.6) is 0 Å². The molecule has 2 amide bonds. The Morgan fingerprint density at radius 2 is 2.13 bits per heavy atom. The molecule has 1 fully saturated rings. The van der Waals surface area contributed by atoms with Gasteiger partial charge in [0.1, 0.15) is 5.52 Å². The fourth-order valence-corrected chi connectivity index (χ4v) is 4.10. The second kappa shape index (κ2) is 8.88. The molecule has 2 aromatic carbocycles. The van der Waals surface area contributed by atoms with Crippen molar-refractivity contribution in [3.05, 3.63) is 64.5 Å². The number of carbonyl (C=O) groups excluding carboxylic acids is 2. The van der Waals surface area contributed by atoms with Crippen molar-refractivity contribution in [2.75, 3.05) is 19.6 Å². The van der Waals surface area contributed by atoms with Gasteiger partial charge in [0.25, 0.3) is 5.91 Å². The lowest BCUT2D eigenvalue weighted by atomic mass is 9.97. The SMILES string of the molecule is CC(=O)NCC1CCCN(C(=O)c2ccc3nc(Cc4cccc(Cl)c4)oc3c2)C1. The quantitative estimate of drug-likeness (QED) is 0.668. The molecule has 7 heteroatoms. The van der Waals surface area contributed by atoms with Crippen LogP contribution in [0, 0.1) is 5.92 Å². The van der Waals surface area contributed by atoms with Gasteiger partial charge in [-0.2, -0.15) is 0 Å². The number of amides is 2. The summed E-state index contributed by atoms with van der Waals surface area (Å²) in [6.45, 7) is 3.49. The van der Waals surface area contributed by atoms with Crippen LogP contribution in [-0.2, 0) is 11.2 Å². The molecule has 0 spiro atoms. The van der Waals surface area contributed by atoms with E-state index in [1.807, 2.05) is 35.2 Å². The summed E-state index contributed by atoms with van der Waals surface area (Å²) in [5, 5.41) is 3.53. The van der Waals surface area contributed by atoms with Gasteiger partial charge < -0.3 is 14.6 Å². The van der Waals surface area contributed by atoms with Crippen LogP contribution in [0.2, 0.25) is 5.02 Å². The Balaban J connectivity index is 1.47. The van der Waals surface area contributed by atoms with Crippen LogP contribution in [0.1, 0.15) is 41.6 Å². The van der Waals surface area contributed by atoms with E-state index in [1.165, 1.54) is 6.92 Å². The first-order valence-electron chi connectivity index (χ1n) is 10.2. The molecule has 1 aliphatic heterocycles. The monoisotopic (exact) mass is 425 g/mol. The standard InChI is InChI=1S/C23H24ClN3O3/c1-15(28)25-13-17-5-3-9-27(14-17)23(29)18-7-8-20-21(12-18)30-22(26-20)11-16-4-2-6-19(24)10-16/h2,4,6-8,10,12,17H,3,5,9,11,13-14H2,1H3,(H,25,28). The van der Waals surface area contributed by atoms with E-state index in [1.54, 1.807) is 12.1 Å². The first kappa shape index (κ1) is 20.4. The Hall–Kier alpha value is -2.86. The zero-order chi connectivity index (χ0) is 21.1. The van der Waals surface area contributed by atoms with Gasteiger partial charge in [-0.15, -0.1) is 0 Å². The molecule has 1 N–H and O–H groups in total. The number of aromatic nitrogens is 1. The van der Waals surface area contributed by atoms with Gasteiger partial charge in [-0.05, 0) is 54.7 Å². The van der Waals surface area contributed by atoms with E-state index in [2.05, 4.69) is 10.3 Å². The number of nitrogens with one attached hydrogen (secondary N) is 1. The minimum absolute atomic E-state index is 0.0165. The van der Waals surface area contributed by atoms with Gasteiger partial charge >= 0.3 is 0 Å². The van der Waals surface area contributed by atoms with Crippen molar-refractivity contribution in [3.8, 4) is 0 Å². The molecule has 1 unspecified atom stereocenters. The molecule has 2 heterocycles. The Labute approximate surface area is 180 Å². The van der Waals surface area contributed by atoms with Crippen molar-refractivity contribution in [2.45, 2.75) is 26.2 Å². The second-order valence-electron chi connectivity index (χ2n) is 7.79. The van der Waals surface area contributed by atoms with Crippen molar-refractivity contribution in [1.29, 1.82) is 0 Å². The normalized spacial score (nSPS) is 16.6. The van der Waals surface area contributed by atoms with Gasteiger partial charge in [-0.25, -0.2) is 4.98 Å². The van der Waals surface area contributed by atoms with Crippen molar-refractivity contribution in [3.63, 3.8) is 0 Å². The molecule has 0 radical (unpaired) electrons. The second-order valence-corrected chi connectivity index (χ2v) is 8.23. The molecule has 1 aromatic heterocycles. The topological polar surface area (TPSA) is 75.4 Å². The third kappa shape index (κ3) is 4.82. The van der Waals surface area contributed by atoms with E-state index in [4.69, 9.17) is 16.0 Å². The van der Waals surface area contributed by atoms with Crippen LogP contribution >= 0.6 is 11.6 Å². The summed E-state index contributed by atoms with van der Waals surface area (Å²) >= 11 is 6.05. The van der Waals surface area contributed by atoms with Gasteiger partial charge in [-0.1, -0.05) is 23.7 Å². The van der Waals surface area contributed by atoms with E-state index < -0.39 is 0 Å². The zero-order valence-corrected chi connectivity index (χ0v) is 17.6. The van der Waals surface area contributed by atoms with Crippen LogP contribution in [0.3, 0.4) is 0 Å². The molecule has 1 saturated heterocycles. The number of piperidine rings is 1. The number of oxazole rings is 1. The number of rotatable bonds is 5. The number of likely N-dealkylation sites (tertiary alicyclic amines) is 1. The molecular weight excluding hydrogens is 402 g/mol. The van der Waals surface area contributed by atoms with Crippen LogP contribution < -0.4 is 5.32 Å². The molecule has 4 rings (SSSR count). The summed E-state index contributed by atoms with van der Waals surface area (Å²) in [5.41, 5.74) is 2.94. The summed E-state index contributed by atoms with van der Waals surface area (Å²) < 4.78 is 5.90. The fourth-order valence-electron chi connectivity index (χ4n) is 3.89. The summed E-state index contributed by atoms with van der Waals surface area (Å²) in [4.78, 5) is 30.6. The van der Waals surface area contributed by atoms with Gasteiger partial charge in [0.2, 0.25) is 5.91 Å². The lowest BCUT2D eigenvalue weighted by molar-refractivity contribution is -0.119. The highest BCUT2D eigenvalue weighted by molar-refractivity contribution is 6.30. The molecule has 156 valence electrons. The van der Waals surface area contributed by atoms with E-state index in [-0.39, 0.29) is 17.7 Å². The summed E-state index contributed by atoms with van der Waals surface area (Å²) in [7, 11) is 0. The highest BCUT2D eigenvalue weighted by Gasteiger charge is 2.25. The number of benzene rings is 2. The third-order valence-electron chi connectivity index (χ3n) is 5.37. The van der Waals surface area contributed by atoms with Gasteiger partial charge in [0.15, 0.2) is 11.5 Å². The highest BCUT2D eigenvalue weighted by atomic mass is 35.5. The van der Waals surface area contributed by atoms with E-state index in [0.717, 1.165) is 30.5 Å². The fraction of sp³-hybridized carbons (Fsp3) is 0.348. The number of nitrogens with zero attached hydrogens (tertiary/aromatic N) is 2. The molecule has 1 aliphatic rings. The van der Waals surface area contributed by atoms with Crippen molar-refractivity contribution >= 4 is 34.5 Å². The lowest BCUT2D eigenvalue weighted by Crippen LogP contribution is -2.43. The number of fused-ring (bicyclic) bond motifs is 1. The summed E-state index contributed by atoms with van der Waals surface area (Å²) in [6, 6.07) is 13.0. The Kier molecular flexibility index (Phi) is 6.04. The third-order valence-corrected chi connectivity index (χ3v) is 5.61. The first-order chi connectivity index (χ1) is 14.5. The largest absolute Gasteiger partial charge is 0.440 e. The molecule has 1 atom stereocenters. The molecule has 3 aromatic rings. The van der Waals surface area contributed by atoms with Crippen molar-refractivity contribution in [1.82, 2.24) is 15.2 Å². The van der Waals surface area contributed by atoms with Gasteiger partial charge in [0.05, 0.1) is 0 Å². The predicted octanol–water partition coefficient (Wildman–Crippen LogP) is 4.06.